The fourth-order valence-electron chi connectivity index (χ4n) is 1.65. The normalized spacial score (nSPS) is 10.6. The smallest absolute Gasteiger partial charge is 0.187 e. The second-order valence-electron chi connectivity index (χ2n) is 4.20. The average Bonchev–Trinajstić information content (AvgIpc) is 2.50. The topological polar surface area (TPSA) is 38.3 Å². The van der Waals surface area contributed by atoms with E-state index in [1.165, 1.54) is 6.08 Å². The molecule has 0 saturated carbocycles. The summed E-state index contributed by atoms with van der Waals surface area (Å²) in [5.74, 6) is 0.617. The third-order valence-corrected chi connectivity index (χ3v) is 3.52. The number of hydrogen-bond donors (Lipinski definition) is 1. The number of allylic oxidation sites excluding steroid dienone is 1. The Hall–Kier alpha value is -1.97. The van der Waals surface area contributed by atoms with Crippen molar-refractivity contribution in [3.8, 4) is 5.75 Å². The third-order valence-electron chi connectivity index (χ3n) is 2.78. The first kappa shape index (κ1) is 15.4. The number of halogens is 2. The number of nitrogens with one attached hydrogen (secondary N) is 1. The molecule has 2 rings (SSSR count). The van der Waals surface area contributed by atoms with Gasteiger partial charge in [0.05, 0.1) is 17.2 Å². The van der Waals surface area contributed by atoms with Crippen LogP contribution in [0.4, 0.5) is 5.69 Å². The van der Waals surface area contributed by atoms with Gasteiger partial charge in [-0.05, 0) is 42.5 Å². The molecule has 2 aromatic carbocycles. The number of benzene rings is 2. The van der Waals surface area contributed by atoms with Crippen LogP contribution in [-0.4, -0.2) is 12.9 Å². The number of anilines is 1. The Balaban J connectivity index is 1.99. The van der Waals surface area contributed by atoms with Gasteiger partial charge in [0.25, 0.3) is 0 Å². The molecule has 0 aromatic heterocycles. The van der Waals surface area contributed by atoms with Crippen molar-refractivity contribution in [1.29, 1.82) is 0 Å². The minimum Gasteiger partial charge on any atom is -0.497 e. The summed E-state index contributed by atoms with van der Waals surface area (Å²) in [7, 11) is 1.61. The summed E-state index contributed by atoms with van der Waals surface area (Å²) in [5.41, 5.74) is 1.34. The molecule has 0 amide bonds. The first-order valence-electron chi connectivity index (χ1n) is 6.16. The molecule has 0 aliphatic carbocycles. The van der Waals surface area contributed by atoms with Gasteiger partial charge in [0, 0.05) is 23.5 Å². The maximum Gasteiger partial charge on any atom is 0.187 e. The number of carbonyl (C=O) groups is 1. The highest BCUT2D eigenvalue weighted by atomic mass is 35.5. The van der Waals surface area contributed by atoms with Crippen LogP contribution in [0.3, 0.4) is 0 Å². The van der Waals surface area contributed by atoms with Crippen molar-refractivity contribution in [3.05, 3.63) is 70.3 Å². The number of methoxy groups -OCH3 is 1. The maximum absolute atomic E-state index is 12.0. The molecule has 0 unspecified atom stereocenters. The van der Waals surface area contributed by atoms with E-state index in [4.69, 9.17) is 27.9 Å². The monoisotopic (exact) mass is 321 g/mol. The van der Waals surface area contributed by atoms with Gasteiger partial charge in [-0.15, -0.1) is 0 Å². The molecular weight excluding hydrogens is 309 g/mol. The quantitative estimate of drug-likeness (QED) is 0.634. The van der Waals surface area contributed by atoms with Crippen LogP contribution in [0.2, 0.25) is 10.0 Å². The molecule has 0 aliphatic heterocycles. The molecule has 108 valence electrons. The molecule has 1 N–H and O–H groups in total. The summed E-state index contributed by atoms with van der Waals surface area (Å²) in [5, 5.41) is 3.79. The van der Waals surface area contributed by atoms with E-state index in [9.17, 15) is 4.79 Å². The summed E-state index contributed by atoms with van der Waals surface area (Å²) in [4.78, 5) is 12.0. The van der Waals surface area contributed by atoms with Crippen LogP contribution in [0.5, 0.6) is 5.75 Å². The Labute approximate surface area is 133 Å². The Morgan fingerprint density at radius 2 is 1.81 bits per heavy atom. The predicted molar refractivity (Wildman–Crippen MR) is 86.5 cm³/mol. The predicted octanol–water partition coefficient (Wildman–Crippen LogP) is 4.81. The number of rotatable bonds is 5. The van der Waals surface area contributed by atoms with E-state index >= 15 is 0 Å². The van der Waals surface area contributed by atoms with Gasteiger partial charge >= 0.3 is 0 Å². The van der Waals surface area contributed by atoms with E-state index in [1.54, 1.807) is 31.5 Å². The van der Waals surface area contributed by atoms with Crippen molar-refractivity contribution in [2.45, 2.75) is 0 Å². The zero-order chi connectivity index (χ0) is 15.2. The second kappa shape index (κ2) is 7.16. The molecule has 0 saturated heterocycles. The largest absolute Gasteiger partial charge is 0.497 e. The second-order valence-corrected chi connectivity index (χ2v) is 5.01. The van der Waals surface area contributed by atoms with Crippen LogP contribution in [0.15, 0.2) is 54.7 Å². The number of carbonyl (C=O) groups excluding carboxylic acids is 1. The molecule has 0 radical (unpaired) electrons. The van der Waals surface area contributed by atoms with Crippen LogP contribution in [-0.2, 0) is 0 Å². The van der Waals surface area contributed by atoms with Crippen LogP contribution in [0.1, 0.15) is 10.4 Å². The molecule has 0 bridgehead atoms. The summed E-state index contributed by atoms with van der Waals surface area (Å²) in [6, 6.07) is 12.1. The number of ketones is 1. The van der Waals surface area contributed by atoms with Crippen molar-refractivity contribution >= 4 is 34.7 Å². The third kappa shape index (κ3) is 4.25. The van der Waals surface area contributed by atoms with Crippen molar-refractivity contribution < 1.29 is 9.53 Å². The Morgan fingerprint density at radius 1 is 1.10 bits per heavy atom. The van der Waals surface area contributed by atoms with Gasteiger partial charge in [0.15, 0.2) is 5.78 Å². The van der Waals surface area contributed by atoms with Gasteiger partial charge in [-0.2, -0.15) is 0 Å². The highest BCUT2D eigenvalue weighted by Crippen LogP contribution is 2.23. The summed E-state index contributed by atoms with van der Waals surface area (Å²) < 4.78 is 5.07. The van der Waals surface area contributed by atoms with E-state index in [0.29, 0.717) is 15.6 Å². The van der Waals surface area contributed by atoms with Gasteiger partial charge in [-0.25, -0.2) is 0 Å². The number of ether oxygens (including phenoxy) is 1. The van der Waals surface area contributed by atoms with E-state index in [0.717, 1.165) is 11.4 Å². The van der Waals surface area contributed by atoms with Crippen LogP contribution < -0.4 is 10.1 Å². The van der Waals surface area contributed by atoms with E-state index in [-0.39, 0.29) is 5.78 Å². The number of hydrogen-bond acceptors (Lipinski definition) is 3. The lowest BCUT2D eigenvalue weighted by Crippen LogP contribution is -1.96. The van der Waals surface area contributed by atoms with Crippen LogP contribution >= 0.6 is 23.2 Å². The van der Waals surface area contributed by atoms with E-state index in [2.05, 4.69) is 5.32 Å². The lowest BCUT2D eigenvalue weighted by molar-refractivity contribution is 0.104. The van der Waals surface area contributed by atoms with Gasteiger partial charge in [0.1, 0.15) is 5.75 Å². The lowest BCUT2D eigenvalue weighted by Gasteiger charge is -2.03. The molecule has 5 heteroatoms. The van der Waals surface area contributed by atoms with Gasteiger partial charge in [0.2, 0.25) is 0 Å². The minimum atomic E-state index is -0.158. The van der Waals surface area contributed by atoms with Crippen LogP contribution in [0, 0.1) is 0 Å². The molecule has 2 aromatic rings. The van der Waals surface area contributed by atoms with E-state index in [1.807, 2.05) is 24.3 Å². The van der Waals surface area contributed by atoms with Crippen molar-refractivity contribution in [2.24, 2.45) is 0 Å². The van der Waals surface area contributed by atoms with Crippen molar-refractivity contribution in [3.63, 3.8) is 0 Å². The molecule has 0 fully saturated rings. The summed E-state index contributed by atoms with van der Waals surface area (Å²) >= 11 is 11.7. The first-order valence-corrected chi connectivity index (χ1v) is 6.92. The highest BCUT2D eigenvalue weighted by molar-refractivity contribution is 6.42. The fourth-order valence-corrected chi connectivity index (χ4v) is 1.94. The Kier molecular flexibility index (Phi) is 5.26. The average molecular weight is 322 g/mol. The zero-order valence-electron chi connectivity index (χ0n) is 11.3. The highest BCUT2D eigenvalue weighted by Gasteiger charge is 2.04. The molecular formula is C16H13Cl2NO2. The molecule has 21 heavy (non-hydrogen) atoms. The summed E-state index contributed by atoms with van der Waals surface area (Å²) in [6.07, 6.45) is 3.01. The van der Waals surface area contributed by atoms with Gasteiger partial charge in [-0.3, -0.25) is 4.79 Å². The van der Waals surface area contributed by atoms with Gasteiger partial charge < -0.3 is 10.1 Å². The molecule has 0 atom stereocenters. The minimum absolute atomic E-state index is 0.158. The molecule has 0 spiro atoms. The molecule has 0 heterocycles. The Morgan fingerprint density at radius 3 is 2.43 bits per heavy atom. The van der Waals surface area contributed by atoms with Gasteiger partial charge in [-0.1, -0.05) is 23.2 Å². The molecule has 3 nitrogen and oxygen atoms in total. The lowest BCUT2D eigenvalue weighted by atomic mass is 10.1. The fraction of sp³-hybridized carbons (Fsp3) is 0.0625. The zero-order valence-corrected chi connectivity index (χ0v) is 12.8. The first-order chi connectivity index (χ1) is 10.1. The van der Waals surface area contributed by atoms with Crippen molar-refractivity contribution in [1.82, 2.24) is 0 Å². The van der Waals surface area contributed by atoms with E-state index < -0.39 is 0 Å². The maximum atomic E-state index is 12.0. The van der Waals surface area contributed by atoms with Crippen LogP contribution in [0.25, 0.3) is 0 Å². The Bertz CT molecular complexity index is 666. The molecule has 0 aliphatic rings. The summed E-state index contributed by atoms with van der Waals surface area (Å²) in [6.45, 7) is 0. The SMILES string of the molecule is COc1ccc(N/C=C\C(=O)c2ccc(Cl)c(Cl)c2)cc1. The van der Waals surface area contributed by atoms with Crippen molar-refractivity contribution in [2.75, 3.05) is 12.4 Å². The standard InChI is InChI=1S/C16H13Cl2NO2/c1-21-13-5-3-12(4-6-13)19-9-8-16(20)11-2-7-14(17)15(18)10-11/h2-10,19H,1H3/b9-8-.